The third-order valence-electron chi connectivity index (χ3n) is 3.98. The van der Waals surface area contributed by atoms with Crippen LogP contribution in [0.5, 0.6) is 5.75 Å². The Kier molecular flexibility index (Phi) is 6.63. The van der Waals surface area contributed by atoms with Gasteiger partial charge in [-0.15, -0.1) is 20.4 Å². The van der Waals surface area contributed by atoms with Crippen LogP contribution in [0.4, 0.5) is 5.13 Å². The molecule has 1 aromatic carbocycles. The van der Waals surface area contributed by atoms with Crippen LogP contribution < -0.4 is 10.1 Å². The molecular formula is C18H22N6O2S2. The molecule has 1 unspecified atom stereocenters. The molecule has 10 heteroatoms. The van der Waals surface area contributed by atoms with E-state index in [1.54, 1.807) is 0 Å². The predicted molar refractivity (Wildman–Crippen MR) is 110 cm³/mol. The van der Waals surface area contributed by atoms with E-state index in [1.165, 1.54) is 23.1 Å². The van der Waals surface area contributed by atoms with Crippen LogP contribution in [-0.4, -0.2) is 36.6 Å². The Morgan fingerprint density at radius 3 is 2.79 bits per heavy atom. The molecule has 0 radical (unpaired) electrons. The highest BCUT2D eigenvalue weighted by atomic mass is 32.2. The Morgan fingerprint density at radius 1 is 1.29 bits per heavy atom. The van der Waals surface area contributed by atoms with Gasteiger partial charge in [-0.05, 0) is 31.9 Å². The average molecular weight is 419 g/mol. The normalized spacial score (nSPS) is 12.0. The molecule has 0 bridgehead atoms. The number of rotatable bonds is 8. The summed E-state index contributed by atoms with van der Waals surface area (Å²) >= 11 is 2.70. The summed E-state index contributed by atoms with van der Waals surface area (Å²) in [6.07, 6.45) is 0.530. The average Bonchev–Trinajstić information content (AvgIpc) is 3.28. The molecule has 3 aromatic rings. The van der Waals surface area contributed by atoms with Gasteiger partial charge < -0.3 is 9.30 Å². The van der Waals surface area contributed by atoms with Crippen molar-refractivity contribution < 1.29 is 9.53 Å². The quantitative estimate of drug-likeness (QED) is 0.560. The van der Waals surface area contributed by atoms with Crippen molar-refractivity contribution in [2.24, 2.45) is 7.05 Å². The van der Waals surface area contributed by atoms with Gasteiger partial charge in [-0.3, -0.25) is 10.1 Å². The molecule has 1 N–H and O–H groups in total. The van der Waals surface area contributed by atoms with Gasteiger partial charge in [0, 0.05) is 7.05 Å². The Bertz CT molecular complexity index is 955. The lowest BCUT2D eigenvalue weighted by atomic mass is 10.2. The molecule has 8 nitrogen and oxygen atoms in total. The van der Waals surface area contributed by atoms with E-state index >= 15 is 0 Å². The van der Waals surface area contributed by atoms with Crippen LogP contribution in [-0.2, 0) is 18.3 Å². The fourth-order valence-corrected chi connectivity index (χ4v) is 3.88. The number of thioether (sulfide) groups is 1. The molecule has 0 aliphatic heterocycles. The first-order chi connectivity index (χ1) is 13.5. The molecule has 0 saturated carbocycles. The van der Waals surface area contributed by atoms with Crippen molar-refractivity contribution in [2.75, 3.05) is 11.1 Å². The zero-order valence-corrected chi connectivity index (χ0v) is 17.8. The van der Waals surface area contributed by atoms with E-state index in [2.05, 4.69) is 25.7 Å². The number of benzene rings is 1. The number of nitrogens with zero attached hydrogens (tertiary/aromatic N) is 5. The standard InChI is InChI=1S/C18H22N6O2S2/c1-5-15-20-22-17(28-15)19-14(25)10-27-18-23-21-16(24(18)4)12(3)26-13-9-7-6-8-11(13)2/h6-9,12H,5,10H2,1-4H3,(H,19,22,25). The maximum atomic E-state index is 12.1. The molecule has 1 amide bonds. The fraction of sp³-hybridized carbons (Fsp3) is 0.389. The Morgan fingerprint density at radius 2 is 2.07 bits per heavy atom. The Labute approximate surface area is 171 Å². The first-order valence-electron chi connectivity index (χ1n) is 8.84. The largest absolute Gasteiger partial charge is 0.482 e. The summed E-state index contributed by atoms with van der Waals surface area (Å²) in [5, 5.41) is 21.2. The van der Waals surface area contributed by atoms with Crippen molar-refractivity contribution in [2.45, 2.75) is 38.5 Å². The molecule has 2 aromatic heterocycles. The molecule has 0 aliphatic carbocycles. The van der Waals surface area contributed by atoms with Gasteiger partial charge in [0.25, 0.3) is 0 Å². The molecule has 3 rings (SSSR count). The predicted octanol–water partition coefficient (Wildman–Crippen LogP) is 3.41. The Hall–Kier alpha value is -2.46. The minimum Gasteiger partial charge on any atom is -0.482 e. The zero-order valence-electron chi connectivity index (χ0n) is 16.2. The molecule has 0 fully saturated rings. The summed E-state index contributed by atoms with van der Waals surface area (Å²) in [6.45, 7) is 5.93. The third-order valence-corrected chi connectivity index (χ3v) is 5.98. The number of hydrogen-bond acceptors (Lipinski definition) is 8. The van der Waals surface area contributed by atoms with E-state index in [4.69, 9.17) is 4.74 Å². The van der Waals surface area contributed by atoms with Crippen LogP contribution >= 0.6 is 23.1 Å². The summed E-state index contributed by atoms with van der Waals surface area (Å²) < 4.78 is 7.87. The van der Waals surface area contributed by atoms with Gasteiger partial charge in [0.05, 0.1) is 5.75 Å². The molecule has 0 spiro atoms. The number of amides is 1. The molecule has 2 heterocycles. The molecule has 148 valence electrons. The third kappa shape index (κ3) is 4.87. The molecule has 28 heavy (non-hydrogen) atoms. The summed E-state index contributed by atoms with van der Waals surface area (Å²) in [5.41, 5.74) is 1.06. The van der Waals surface area contributed by atoms with E-state index in [0.29, 0.717) is 16.1 Å². The summed E-state index contributed by atoms with van der Waals surface area (Å²) in [6, 6.07) is 7.84. The Balaban J connectivity index is 1.58. The van der Waals surface area contributed by atoms with Crippen molar-refractivity contribution in [1.82, 2.24) is 25.0 Å². The highest BCUT2D eigenvalue weighted by molar-refractivity contribution is 7.99. The van der Waals surface area contributed by atoms with Gasteiger partial charge in [0.2, 0.25) is 11.0 Å². The van der Waals surface area contributed by atoms with Crippen LogP contribution in [0.15, 0.2) is 29.4 Å². The topological polar surface area (TPSA) is 94.8 Å². The van der Waals surface area contributed by atoms with Crippen LogP contribution in [0.3, 0.4) is 0 Å². The van der Waals surface area contributed by atoms with Crippen LogP contribution in [0.25, 0.3) is 0 Å². The lowest BCUT2D eigenvalue weighted by Crippen LogP contribution is -2.14. The van der Waals surface area contributed by atoms with Gasteiger partial charge in [0.15, 0.2) is 17.1 Å². The first-order valence-corrected chi connectivity index (χ1v) is 10.6. The fourth-order valence-electron chi connectivity index (χ4n) is 2.47. The van der Waals surface area contributed by atoms with E-state index in [0.717, 1.165) is 22.7 Å². The first kappa shape index (κ1) is 20.3. The minimum absolute atomic E-state index is 0.155. The van der Waals surface area contributed by atoms with E-state index in [1.807, 2.05) is 56.7 Å². The number of carbonyl (C=O) groups excluding carboxylic acids is 1. The number of anilines is 1. The minimum atomic E-state index is -0.268. The van der Waals surface area contributed by atoms with Crippen LogP contribution in [0.1, 0.15) is 36.3 Å². The molecule has 1 atom stereocenters. The molecular weight excluding hydrogens is 396 g/mol. The summed E-state index contributed by atoms with van der Waals surface area (Å²) in [4.78, 5) is 12.1. The van der Waals surface area contributed by atoms with Gasteiger partial charge in [-0.25, -0.2) is 0 Å². The van der Waals surface area contributed by atoms with Gasteiger partial charge in [0.1, 0.15) is 10.8 Å². The number of para-hydroxylation sites is 1. The monoisotopic (exact) mass is 418 g/mol. The van der Waals surface area contributed by atoms with E-state index < -0.39 is 0 Å². The molecule has 0 saturated heterocycles. The highest BCUT2D eigenvalue weighted by Crippen LogP contribution is 2.26. The lowest BCUT2D eigenvalue weighted by Gasteiger charge is -2.15. The van der Waals surface area contributed by atoms with Crippen molar-refractivity contribution >= 4 is 34.1 Å². The van der Waals surface area contributed by atoms with Crippen LogP contribution in [0, 0.1) is 6.92 Å². The number of aromatic nitrogens is 5. The lowest BCUT2D eigenvalue weighted by molar-refractivity contribution is -0.113. The van der Waals surface area contributed by atoms with Gasteiger partial charge >= 0.3 is 0 Å². The smallest absolute Gasteiger partial charge is 0.236 e. The van der Waals surface area contributed by atoms with Crippen molar-refractivity contribution in [1.29, 1.82) is 0 Å². The van der Waals surface area contributed by atoms with Gasteiger partial charge in [-0.1, -0.05) is 48.2 Å². The van der Waals surface area contributed by atoms with Crippen molar-refractivity contribution in [3.63, 3.8) is 0 Å². The number of ether oxygens (including phenoxy) is 1. The van der Waals surface area contributed by atoms with Crippen molar-refractivity contribution in [3.05, 3.63) is 40.7 Å². The maximum Gasteiger partial charge on any atom is 0.236 e. The van der Waals surface area contributed by atoms with E-state index in [9.17, 15) is 4.79 Å². The molecule has 0 aliphatic rings. The maximum absolute atomic E-state index is 12.1. The number of carbonyl (C=O) groups is 1. The highest BCUT2D eigenvalue weighted by Gasteiger charge is 2.19. The van der Waals surface area contributed by atoms with Crippen molar-refractivity contribution in [3.8, 4) is 5.75 Å². The SMILES string of the molecule is CCc1nnc(NC(=O)CSc2nnc(C(C)Oc3ccccc3C)n2C)s1. The van der Waals surface area contributed by atoms with Gasteiger partial charge in [-0.2, -0.15) is 0 Å². The van der Waals surface area contributed by atoms with Crippen LogP contribution in [0.2, 0.25) is 0 Å². The summed E-state index contributed by atoms with van der Waals surface area (Å²) in [5.74, 6) is 1.57. The van der Waals surface area contributed by atoms with E-state index in [-0.39, 0.29) is 17.8 Å². The summed E-state index contributed by atoms with van der Waals surface area (Å²) in [7, 11) is 1.87. The second kappa shape index (κ2) is 9.16. The number of nitrogens with one attached hydrogen (secondary N) is 1. The second-order valence-corrected chi connectivity index (χ2v) is 8.12. The second-order valence-electron chi connectivity index (χ2n) is 6.12. The zero-order chi connectivity index (χ0) is 20.1. The number of hydrogen-bond donors (Lipinski definition) is 1. The number of aryl methyl sites for hydroxylation is 2.